The number of urea groups is 1. The predicted molar refractivity (Wildman–Crippen MR) is 62.5 cm³/mol. The van der Waals surface area contributed by atoms with Crippen LogP contribution >= 0.6 is 0 Å². The Morgan fingerprint density at radius 3 is 2.22 bits per heavy atom. The van der Waals surface area contributed by atoms with Crippen molar-refractivity contribution in [3.05, 3.63) is 0 Å². The Hall–Kier alpha value is -1.39. The van der Waals surface area contributed by atoms with Crippen LogP contribution in [0.2, 0.25) is 0 Å². The second kappa shape index (κ2) is 6.52. The monoisotopic (exact) mass is 283 g/mol. The Labute approximate surface area is 105 Å². The van der Waals surface area contributed by atoms with Gasteiger partial charge in [0.1, 0.15) is 0 Å². The Bertz CT molecular complexity index is 405. The van der Waals surface area contributed by atoms with Gasteiger partial charge in [-0.2, -0.15) is 0 Å². The lowest BCUT2D eigenvalue weighted by atomic mass is 10.1. The van der Waals surface area contributed by atoms with Crippen LogP contribution in [-0.2, 0) is 14.8 Å². The van der Waals surface area contributed by atoms with Crippen molar-refractivity contribution < 1.29 is 28.2 Å². The summed E-state index contributed by atoms with van der Waals surface area (Å²) in [5.41, 5.74) is -2.05. The molecule has 9 nitrogen and oxygen atoms in total. The molecule has 0 fully saturated rings. The molecule has 0 aliphatic heterocycles. The van der Waals surface area contributed by atoms with E-state index in [1.807, 2.05) is 0 Å². The minimum atomic E-state index is -3.31. The summed E-state index contributed by atoms with van der Waals surface area (Å²) in [6.45, 7) is 0.629. The maximum Gasteiger partial charge on any atom is 0.337 e. The minimum Gasteiger partial charge on any atom is -0.479 e. The molecule has 0 saturated carbocycles. The van der Waals surface area contributed by atoms with Crippen LogP contribution in [-0.4, -0.2) is 62.1 Å². The summed E-state index contributed by atoms with van der Waals surface area (Å²) in [7, 11) is -3.31. The second-order valence-electron chi connectivity index (χ2n) is 3.85. The molecular weight excluding hydrogens is 266 g/mol. The van der Waals surface area contributed by atoms with Crippen molar-refractivity contribution in [2.75, 3.05) is 25.9 Å². The number of nitrogens with one attached hydrogen (secondary N) is 3. The molecular formula is C8H17N3O6S. The summed E-state index contributed by atoms with van der Waals surface area (Å²) in [5.74, 6) is -1.46. The van der Waals surface area contributed by atoms with Gasteiger partial charge in [0.05, 0.1) is 12.8 Å². The first-order valence-electron chi connectivity index (χ1n) is 4.97. The van der Waals surface area contributed by atoms with Gasteiger partial charge in [0.2, 0.25) is 10.0 Å². The van der Waals surface area contributed by atoms with Crippen LogP contribution in [0.3, 0.4) is 0 Å². The number of rotatable bonds is 7. The Kier molecular flexibility index (Phi) is 6.01. The molecule has 5 N–H and O–H groups in total. The average molecular weight is 283 g/mol. The van der Waals surface area contributed by atoms with Crippen LogP contribution in [0, 0.1) is 0 Å². The first-order chi connectivity index (χ1) is 8.04. The SMILES string of the molecule is CC(O)(CNC(=O)NCCNS(C)(=O)=O)C(=O)O. The van der Waals surface area contributed by atoms with Gasteiger partial charge in [-0.25, -0.2) is 22.7 Å². The fourth-order valence-electron chi connectivity index (χ4n) is 0.803. The third-order valence-electron chi connectivity index (χ3n) is 1.83. The fourth-order valence-corrected chi connectivity index (χ4v) is 1.28. The van der Waals surface area contributed by atoms with Gasteiger partial charge in [-0.05, 0) is 6.92 Å². The molecule has 0 aromatic rings. The van der Waals surface area contributed by atoms with Gasteiger partial charge in [-0.1, -0.05) is 0 Å². The summed E-state index contributed by atoms with van der Waals surface area (Å²) >= 11 is 0. The molecule has 106 valence electrons. The van der Waals surface area contributed by atoms with Gasteiger partial charge >= 0.3 is 12.0 Å². The number of carboxylic acids is 1. The molecule has 1 atom stereocenters. The predicted octanol–water partition coefficient (Wildman–Crippen LogP) is -2.33. The zero-order valence-electron chi connectivity index (χ0n) is 10.1. The van der Waals surface area contributed by atoms with Gasteiger partial charge in [0.15, 0.2) is 5.60 Å². The third kappa shape index (κ3) is 7.81. The highest BCUT2D eigenvalue weighted by molar-refractivity contribution is 7.88. The molecule has 0 radical (unpaired) electrons. The molecule has 10 heteroatoms. The van der Waals surface area contributed by atoms with E-state index in [9.17, 15) is 23.1 Å². The number of amides is 2. The summed E-state index contributed by atoms with van der Waals surface area (Å²) in [6.07, 6.45) is 0.983. The summed E-state index contributed by atoms with van der Waals surface area (Å²) < 4.78 is 23.5. The molecule has 0 rings (SSSR count). The van der Waals surface area contributed by atoms with E-state index in [0.717, 1.165) is 13.2 Å². The molecule has 1 unspecified atom stereocenters. The van der Waals surface area contributed by atoms with E-state index in [0.29, 0.717) is 0 Å². The fraction of sp³-hybridized carbons (Fsp3) is 0.750. The van der Waals surface area contributed by atoms with Crippen molar-refractivity contribution in [1.82, 2.24) is 15.4 Å². The zero-order chi connectivity index (χ0) is 14.4. The molecule has 0 heterocycles. The van der Waals surface area contributed by atoms with Crippen molar-refractivity contribution >= 4 is 22.0 Å². The number of carbonyl (C=O) groups excluding carboxylic acids is 1. The highest BCUT2D eigenvalue weighted by Gasteiger charge is 2.30. The van der Waals surface area contributed by atoms with E-state index in [1.54, 1.807) is 0 Å². The van der Waals surface area contributed by atoms with Crippen molar-refractivity contribution in [1.29, 1.82) is 0 Å². The number of hydrogen-bond acceptors (Lipinski definition) is 5. The van der Waals surface area contributed by atoms with Crippen molar-refractivity contribution in [3.8, 4) is 0 Å². The summed E-state index contributed by atoms with van der Waals surface area (Å²) in [6, 6.07) is -0.702. The number of sulfonamides is 1. The third-order valence-corrected chi connectivity index (χ3v) is 2.56. The minimum absolute atomic E-state index is 0.0155. The van der Waals surface area contributed by atoms with E-state index >= 15 is 0 Å². The van der Waals surface area contributed by atoms with Crippen LogP contribution in [0.15, 0.2) is 0 Å². The van der Waals surface area contributed by atoms with Crippen LogP contribution in [0.25, 0.3) is 0 Å². The smallest absolute Gasteiger partial charge is 0.337 e. The molecule has 0 aromatic carbocycles. The first-order valence-corrected chi connectivity index (χ1v) is 6.86. The standard InChI is InChI=1S/C8H17N3O6S/c1-8(15,6(12)13)5-10-7(14)9-3-4-11-18(2,16)17/h11,15H,3-5H2,1-2H3,(H,12,13)(H2,9,10,14). The largest absolute Gasteiger partial charge is 0.479 e. The molecule has 18 heavy (non-hydrogen) atoms. The molecule has 0 aliphatic rings. The normalized spacial score (nSPS) is 14.6. The Balaban J connectivity index is 3.83. The molecule has 0 saturated heterocycles. The second-order valence-corrected chi connectivity index (χ2v) is 5.69. The molecule has 0 aromatic heterocycles. The maximum absolute atomic E-state index is 11.1. The molecule has 0 aliphatic carbocycles. The quantitative estimate of drug-likeness (QED) is 0.331. The average Bonchev–Trinajstić information content (AvgIpc) is 2.20. The molecule has 0 spiro atoms. The number of carboxylic acid groups (broad SMARTS) is 1. The van der Waals surface area contributed by atoms with Crippen molar-refractivity contribution in [2.45, 2.75) is 12.5 Å². The first kappa shape index (κ1) is 16.6. The number of hydrogen-bond donors (Lipinski definition) is 5. The van der Waals surface area contributed by atoms with Gasteiger partial charge in [-0.15, -0.1) is 0 Å². The van der Waals surface area contributed by atoms with Crippen LogP contribution < -0.4 is 15.4 Å². The van der Waals surface area contributed by atoms with E-state index < -0.39 is 34.2 Å². The summed E-state index contributed by atoms with van der Waals surface area (Å²) in [5, 5.41) is 22.3. The highest BCUT2D eigenvalue weighted by Crippen LogP contribution is 2.00. The lowest BCUT2D eigenvalue weighted by Gasteiger charge is -2.18. The lowest BCUT2D eigenvalue weighted by molar-refractivity contribution is -0.155. The van der Waals surface area contributed by atoms with E-state index in [4.69, 9.17) is 5.11 Å². The number of carbonyl (C=O) groups is 2. The Morgan fingerprint density at radius 2 is 1.78 bits per heavy atom. The van der Waals surface area contributed by atoms with Crippen LogP contribution in [0.1, 0.15) is 6.92 Å². The Morgan fingerprint density at radius 1 is 1.22 bits per heavy atom. The topological polar surface area (TPSA) is 145 Å². The van der Waals surface area contributed by atoms with E-state index in [-0.39, 0.29) is 13.1 Å². The molecule has 2 amide bonds. The van der Waals surface area contributed by atoms with E-state index in [2.05, 4.69) is 15.4 Å². The van der Waals surface area contributed by atoms with Gasteiger partial charge in [-0.3, -0.25) is 0 Å². The molecule has 0 bridgehead atoms. The van der Waals surface area contributed by atoms with Gasteiger partial charge in [0.25, 0.3) is 0 Å². The summed E-state index contributed by atoms with van der Waals surface area (Å²) in [4.78, 5) is 21.6. The van der Waals surface area contributed by atoms with Crippen LogP contribution in [0.4, 0.5) is 4.79 Å². The zero-order valence-corrected chi connectivity index (χ0v) is 10.9. The van der Waals surface area contributed by atoms with E-state index in [1.165, 1.54) is 0 Å². The lowest BCUT2D eigenvalue weighted by Crippen LogP contribution is -2.49. The maximum atomic E-state index is 11.1. The van der Waals surface area contributed by atoms with Crippen molar-refractivity contribution in [2.24, 2.45) is 0 Å². The highest BCUT2D eigenvalue weighted by atomic mass is 32.2. The van der Waals surface area contributed by atoms with Crippen molar-refractivity contribution in [3.63, 3.8) is 0 Å². The van der Waals surface area contributed by atoms with Crippen LogP contribution in [0.5, 0.6) is 0 Å². The number of aliphatic carboxylic acids is 1. The van der Waals surface area contributed by atoms with Gasteiger partial charge in [0, 0.05) is 13.1 Å². The number of aliphatic hydroxyl groups is 1. The van der Waals surface area contributed by atoms with Gasteiger partial charge < -0.3 is 20.8 Å².